The maximum atomic E-state index is 11.3. The van der Waals surface area contributed by atoms with Crippen molar-refractivity contribution in [3.8, 4) is 5.75 Å². The summed E-state index contributed by atoms with van der Waals surface area (Å²) in [4.78, 5) is 11.3. The van der Waals surface area contributed by atoms with Crippen LogP contribution in [-0.2, 0) is 6.73 Å². The lowest BCUT2D eigenvalue weighted by Crippen LogP contribution is -2.30. The number of ether oxygens (including phenoxy) is 1. The first-order valence-corrected chi connectivity index (χ1v) is 6.46. The van der Waals surface area contributed by atoms with E-state index in [2.05, 4.69) is 5.10 Å². The molecule has 1 aromatic carbocycles. The second kappa shape index (κ2) is 6.32. The summed E-state index contributed by atoms with van der Waals surface area (Å²) in [7, 11) is 0. The molecule has 106 valence electrons. The van der Waals surface area contributed by atoms with Gasteiger partial charge in [-0.2, -0.15) is 5.10 Å². The third-order valence-electron chi connectivity index (χ3n) is 2.31. The molecule has 2 rings (SSSR count). The summed E-state index contributed by atoms with van der Waals surface area (Å²) in [5, 5.41) is 4.98. The predicted octanol–water partition coefficient (Wildman–Crippen LogP) is 2.48. The molecule has 3 N–H and O–H groups in total. The number of carbonyl (C=O) groups is 1. The number of nitrogens with one attached hydrogen (secondary N) is 1. The van der Waals surface area contributed by atoms with Gasteiger partial charge in [0.2, 0.25) is 0 Å². The molecule has 0 radical (unpaired) electrons. The van der Waals surface area contributed by atoms with Crippen molar-refractivity contribution in [3.05, 3.63) is 45.2 Å². The molecule has 6 nitrogen and oxygen atoms in total. The number of aromatic nitrogens is 2. The van der Waals surface area contributed by atoms with Gasteiger partial charge in [0.1, 0.15) is 5.75 Å². The Morgan fingerprint density at radius 1 is 1.35 bits per heavy atom. The minimum atomic E-state index is -0.585. The summed E-state index contributed by atoms with van der Waals surface area (Å²) in [6.45, 7) is 0.0267. The summed E-state index contributed by atoms with van der Waals surface area (Å²) in [5.41, 5.74) is 1.96. The highest BCUT2D eigenvalue weighted by Gasteiger charge is 2.14. The quantitative estimate of drug-likeness (QED) is 0.511. The van der Waals surface area contributed by atoms with Crippen molar-refractivity contribution in [1.82, 2.24) is 15.2 Å². The van der Waals surface area contributed by atoms with Crippen molar-refractivity contribution in [2.45, 2.75) is 6.73 Å². The standard InChI is InChI=1S/C11H9Cl3N4O2/c12-6-1-2-9(7(13)3-6)20-5-18-4-8(14)10(17-18)11(19)16-15/h1-4H,5,15H2,(H,16,19). The van der Waals surface area contributed by atoms with Crippen molar-refractivity contribution < 1.29 is 9.53 Å². The fourth-order valence-corrected chi connectivity index (χ4v) is 2.11. The Balaban J connectivity index is 2.09. The molecular formula is C11H9Cl3N4O2. The zero-order valence-corrected chi connectivity index (χ0v) is 12.2. The minimum absolute atomic E-state index is 0.0139. The van der Waals surface area contributed by atoms with Crippen LogP contribution >= 0.6 is 34.8 Å². The molecule has 0 aliphatic carbocycles. The zero-order chi connectivity index (χ0) is 14.7. The molecular weight excluding hydrogens is 327 g/mol. The maximum Gasteiger partial charge on any atom is 0.287 e. The van der Waals surface area contributed by atoms with E-state index in [9.17, 15) is 4.79 Å². The van der Waals surface area contributed by atoms with Crippen molar-refractivity contribution in [2.75, 3.05) is 0 Å². The van der Waals surface area contributed by atoms with Gasteiger partial charge in [-0.25, -0.2) is 10.5 Å². The van der Waals surface area contributed by atoms with Gasteiger partial charge in [-0.1, -0.05) is 34.8 Å². The molecule has 1 amide bonds. The maximum absolute atomic E-state index is 11.3. The number of rotatable bonds is 4. The van der Waals surface area contributed by atoms with Crippen LogP contribution < -0.4 is 16.0 Å². The molecule has 0 fully saturated rings. The topological polar surface area (TPSA) is 82.2 Å². The van der Waals surface area contributed by atoms with Crippen LogP contribution in [0, 0.1) is 0 Å². The van der Waals surface area contributed by atoms with Gasteiger partial charge in [0.25, 0.3) is 5.91 Å². The molecule has 0 bridgehead atoms. The van der Waals surface area contributed by atoms with E-state index in [1.54, 1.807) is 18.2 Å². The molecule has 0 saturated carbocycles. The number of nitrogens with zero attached hydrogens (tertiary/aromatic N) is 2. The highest BCUT2D eigenvalue weighted by atomic mass is 35.5. The Labute approximate surface area is 129 Å². The first-order chi connectivity index (χ1) is 9.51. The number of hydrazine groups is 1. The summed E-state index contributed by atoms with van der Waals surface area (Å²) >= 11 is 17.6. The second-order valence-electron chi connectivity index (χ2n) is 3.69. The number of hydrogen-bond acceptors (Lipinski definition) is 4. The van der Waals surface area contributed by atoms with Crippen molar-refractivity contribution >= 4 is 40.7 Å². The molecule has 0 spiro atoms. The monoisotopic (exact) mass is 334 g/mol. The van der Waals surface area contributed by atoms with E-state index in [4.69, 9.17) is 45.4 Å². The van der Waals surface area contributed by atoms with E-state index in [0.717, 1.165) is 0 Å². The summed E-state index contributed by atoms with van der Waals surface area (Å²) in [6.07, 6.45) is 1.44. The summed E-state index contributed by atoms with van der Waals surface area (Å²) in [6, 6.07) is 4.83. The Kier molecular flexibility index (Phi) is 4.72. The second-order valence-corrected chi connectivity index (χ2v) is 4.94. The van der Waals surface area contributed by atoms with Gasteiger partial charge < -0.3 is 4.74 Å². The first-order valence-electron chi connectivity index (χ1n) is 5.33. The lowest BCUT2D eigenvalue weighted by molar-refractivity contribution is 0.0946. The van der Waals surface area contributed by atoms with Crippen molar-refractivity contribution in [1.29, 1.82) is 0 Å². The zero-order valence-electron chi connectivity index (χ0n) is 9.94. The Bertz CT molecular complexity index is 645. The van der Waals surface area contributed by atoms with E-state index in [0.29, 0.717) is 15.8 Å². The Morgan fingerprint density at radius 3 is 2.75 bits per heavy atom. The molecule has 0 aliphatic heterocycles. The largest absolute Gasteiger partial charge is 0.470 e. The molecule has 1 heterocycles. The van der Waals surface area contributed by atoms with Crippen LogP contribution in [0.25, 0.3) is 0 Å². The minimum Gasteiger partial charge on any atom is -0.470 e. The number of halogens is 3. The third kappa shape index (κ3) is 3.34. The number of benzene rings is 1. The average molecular weight is 336 g/mol. The highest BCUT2D eigenvalue weighted by molar-refractivity contribution is 6.35. The van der Waals surface area contributed by atoms with Gasteiger partial charge in [0.05, 0.1) is 10.0 Å². The molecule has 0 aliphatic rings. The van der Waals surface area contributed by atoms with E-state index in [1.165, 1.54) is 10.9 Å². The van der Waals surface area contributed by atoms with Crippen LogP contribution in [-0.4, -0.2) is 15.7 Å². The van der Waals surface area contributed by atoms with Gasteiger partial charge in [-0.05, 0) is 18.2 Å². The van der Waals surface area contributed by atoms with Crippen LogP contribution in [0.2, 0.25) is 15.1 Å². The Hall–Kier alpha value is -1.47. The lowest BCUT2D eigenvalue weighted by atomic mass is 10.3. The van der Waals surface area contributed by atoms with E-state index in [1.807, 2.05) is 5.43 Å². The van der Waals surface area contributed by atoms with Crippen molar-refractivity contribution in [3.63, 3.8) is 0 Å². The highest BCUT2D eigenvalue weighted by Crippen LogP contribution is 2.27. The van der Waals surface area contributed by atoms with Crippen LogP contribution in [0.5, 0.6) is 5.75 Å². The van der Waals surface area contributed by atoms with Gasteiger partial charge in [0.15, 0.2) is 12.4 Å². The summed E-state index contributed by atoms with van der Waals surface area (Å²) in [5.74, 6) is 4.87. The first kappa shape index (κ1) is 14.9. The lowest BCUT2D eigenvalue weighted by Gasteiger charge is -2.07. The predicted molar refractivity (Wildman–Crippen MR) is 76.0 cm³/mol. The SMILES string of the molecule is NNC(=O)c1nn(COc2ccc(Cl)cc2Cl)cc1Cl. The third-order valence-corrected chi connectivity index (χ3v) is 3.12. The Morgan fingerprint density at radius 2 is 2.10 bits per heavy atom. The van der Waals surface area contributed by atoms with Crippen LogP contribution in [0.15, 0.2) is 24.4 Å². The van der Waals surface area contributed by atoms with Gasteiger partial charge in [-0.15, -0.1) is 0 Å². The van der Waals surface area contributed by atoms with E-state index >= 15 is 0 Å². The van der Waals surface area contributed by atoms with Crippen LogP contribution in [0.4, 0.5) is 0 Å². The van der Waals surface area contributed by atoms with Gasteiger partial charge in [0, 0.05) is 11.2 Å². The average Bonchev–Trinajstić information content (AvgIpc) is 2.78. The number of nitrogens with two attached hydrogens (primary N) is 1. The van der Waals surface area contributed by atoms with E-state index < -0.39 is 5.91 Å². The normalized spacial score (nSPS) is 10.4. The van der Waals surface area contributed by atoms with Gasteiger partial charge >= 0.3 is 0 Å². The van der Waals surface area contributed by atoms with E-state index in [-0.39, 0.29) is 17.4 Å². The molecule has 0 saturated heterocycles. The fraction of sp³-hybridized carbons (Fsp3) is 0.0909. The molecule has 20 heavy (non-hydrogen) atoms. The number of nitrogen functional groups attached to an aromatic ring is 1. The number of amides is 1. The van der Waals surface area contributed by atoms with Crippen LogP contribution in [0.3, 0.4) is 0 Å². The number of hydrogen-bond donors (Lipinski definition) is 2. The molecule has 0 unspecified atom stereocenters. The van der Waals surface area contributed by atoms with Crippen molar-refractivity contribution in [2.24, 2.45) is 5.84 Å². The molecule has 9 heteroatoms. The fourth-order valence-electron chi connectivity index (χ4n) is 1.41. The summed E-state index contributed by atoms with van der Waals surface area (Å²) < 4.78 is 6.79. The van der Waals surface area contributed by atoms with Gasteiger partial charge in [-0.3, -0.25) is 10.2 Å². The smallest absolute Gasteiger partial charge is 0.287 e. The molecule has 1 aromatic heterocycles. The number of carbonyl (C=O) groups excluding carboxylic acids is 1. The van der Waals surface area contributed by atoms with Crippen LogP contribution in [0.1, 0.15) is 10.5 Å². The molecule has 2 aromatic rings. The molecule has 0 atom stereocenters.